The molecule has 0 saturated carbocycles. The van der Waals surface area contributed by atoms with Crippen LogP contribution in [-0.2, 0) is 6.42 Å². The van der Waals surface area contributed by atoms with Crippen molar-refractivity contribution in [3.63, 3.8) is 0 Å². The molecule has 1 unspecified atom stereocenters. The molecular formula is C26H31Cl2N3O2. The van der Waals surface area contributed by atoms with Crippen LogP contribution in [0.15, 0.2) is 42.5 Å². The number of benzene rings is 2. The molecule has 176 valence electrons. The number of fused-ring (bicyclic) bond motifs is 1. The van der Waals surface area contributed by atoms with Gasteiger partial charge in [-0.25, -0.2) is 0 Å². The van der Waals surface area contributed by atoms with Crippen LogP contribution in [0.1, 0.15) is 70.0 Å². The minimum atomic E-state index is -0.172. The van der Waals surface area contributed by atoms with Crippen LogP contribution in [0.5, 0.6) is 0 Å². The van der Waals surface area contributed by atoms with Crippen molar-refractivity contribution >= 4 is 35.8 Å². The standard InChI is InChI=1S/C26H30ClN3O2.ClH/c27-22-5-2-1-4-20(22)24(31)29-23-9-8-18-6-7-19(16-21(18)23)25(32)30-15-3-10-26(17-30)11-13-28-14-12-26;/h1-2,4-7,16,23,28H,3,8-15,17H2,(H,29,31);1H. The van der Waals surface area contributed by atoms with Crippen LogP contribution in [0.3, 0.4) is 0 Å². The first-order valence-electron chi connectivity index (χ1n) is 11.7. The molecule has 2 amide bonds. The molecule has 3 aliphatic rings. The van der Waals surface area contributed by atoms with Crippen molar-refractivity contribution in [2.45, 2.75) is 44.6 Å². The van der Waals surface area contributed by atoms with E-state index in [0.717, 1.165) is 69.4 Å². The fourth-order valence-electron chi connectivity index (χ4n) is 5.70. The first-order valence-corrected chi connectivity index (χ1v) is 12.1. The molecule has 0 radical (unpaired) electrons. The number of nitrogens with one attached hydrogen (secondary N) is 2. The van der Waals surface area contributed by atoms with Crippen LogP contribution >= 0.6 is 24.0 Å². The zero-order valence-corrected chi connectivity index (χ0v) is 20.3. The van der Waals surface area contributed by atoms with E-state index in [1.54, 1.807) is 12.1 Å². The molecule has 2 aromatic rings. The van der Waals surface area contributed by atoms with E-state index in [9.17, 15) is 9.59 Å². The number of amides is 2. The van der Waals surface area contributed by atoms with Crippen molar-refractivity contribution in [2.24, 2.45) is 5.41 Å². The first-order chi connectivity index (χ1) is 15.5. The lowest BCUT2D eigenvalue weighted by molar-refractivity contribution is 0.0411. The fraction of sp³-hybridized carbons (Fsp3) is 0.462. The maximum atomic E-state index is 13.4. The number of nitrogens with zero attached hydrogens (tertiary/aromatic N) is 1. The van der Waals surface area contributed by atoms with Gasteiger partial charge in [0.2, 0.25) is 0 Å². The summed E-state index contributed by atoms with van der Waals surface area (Å²) in [6.45, 7) is 3.79. The number of halogens is 2. The summed E-state index contributed by atoms with van der Waals surface area (Å²) in [5.74, 6) is -0.0532. The molecule has 2 saturated heterocycles. The van der Waals surface area contributed by atoms with E-state index < -0.39 is 0 Å². The van der Waals surface area contributed by atoms with Gasteiger partial charge in [-0.3, -0.25) is 9.59 Å². The summed E-state index contributed by atoms with van der Waals surface area (Å²) >= 11 is 6.20. The highest BCUT2D eigenvalue weighted by Crippen LogP contribution is 2.39. The van der Waals surface area contributed by atoms with Gasteiger partial charge in [-0.15, -0.1) is 12.4 Å². The average molecular weight is 488 g/mol. The SMILES string of the molecule is Cl.O=C(NC1CCc2ccc(C(=O)N3CCCC4(CCNCC4)C3)cc21)c1ccccc1Cl. The van der Waals surface area contributed by atoms with Gasteiger partial charge in [0.05, 0.1) is 16.6 Å². The zero-order chi connectivity index (χ0) is 22.1. The van der Waals surface area contributed by atoms with Crippen LogP contribution < -0.4 is 10.6 Å². The minimum Gasteiger partial charge on any atom is -0.345 e. The summed E-state index contributed by atoms with van der Waals surface area (Å²) in [6, 6.07) is 13.0. The Morgan fingerprint density at radius 1 is 1.09 bits per heavy atom. The first kappa shape index (κ1) is 24.1. The third-order valence-electron chi connectivity index (χ3n) is 7.51. The third-order valence-corrected chi connectivity index (χ3v) is 7.84. The van der Waals surface area contributed by atoms with Crippen molar-refractivity contribution < 1.29 is 9.59 Å². The molecule has 2 aromatic carbocycles. The predicted molar refractivity (Wildman–Crippen MR) is 133 cm³/mol. The molecule has 2 heterocycles. The third kappa shape index (κ3) is 4.91. The van der Waals surface area contributed by atoms with Crippen molar-refractivity contribution in [1.82, 2.24) is 15.5 Å². The Balaban J connectivity index is 0.00000259. The highest BCUT2D eigenvalue weighted by Gasteiger charge is 2.38. The predicted octanol–water partition coefficient (Wildman–Crippen LogP) is 4.78. The molecule has 5 nitrogen and oxygen atoms in total. The zero-order valence-electron chi connectivity index (χ0n) is 18.7. The number of hydrogen-bond donors (Lipinski definition) is 2. The Kier molecular flexibility index (Phi) is 7.32. The summed E-state index contributed by atoms with van der Waals surface area (Å²) in [7, 11) is 0. The molecule has 2 fully saturated rings. The Morgan fingerprint density at radius 3 is 2.67 bits per heavy atom. The van der Waals surface area contributed by atoms with Gasteiger partial charge < -0.3 is 15.5 Å². The van der Waals surface area contributed by atoms with E-state index in [2.05, 4.69) is 21.6 Å². The van der Waals surface area contributed by atoms with Gasteiger partial charge in [0.15, 0.2) is 0 Å². The summed E-state index contributed by atoms with van der Waals surface area (Å²) in [6.07, 6.45) is 6.33. The Labute approximate surface area is 206 Å². The molecule has 2 N–H and O–H groups in total. The summed E-state index contributed by atoms with van der Waals surface area (Å²) in [5, 5.41) is 7.03. The smallest absolute Gasteiger partial charge is 0.253 e. The van der Waals surface area contributed by atoms with Crippen molar-refractivity contribution in [3.05, 3.63) is 69.7 Å². The van der Waals surface area contributed by atoms with E-state index in [-0.39, 0.29) is 35.7 Å². The Hall–Kier alpha value is -2.08. The van der Waals surface area contributed by atoms with Crippen LogP contribution in [0.2, 0.25) is 5.02 Å². The van der Waals surface area contributed by atoms with Gasteiger partial charge in [-0.1, -0.05) is 29.8 Å². The second kappa shape index (κ2) is 10.0. The van der Waals surface area contributed by atoms with Crippen molar-refractivity contribution in [2.75, 3.05) is 26.2 Å². The van der Waals surface area contributed by atoms with Gasteiger partial charge in [-0.05, 0) is 92.4 Å². The fourth-order valence-corrected chi connectivity index (χ4v) is 5.92. The number of aryl methyl sites for hydroxylation is 1. The number of carbonyl (C=O) groups excluding carboxylic acids is 2. The maximum absolute atomic E-state index is 13.4. The highest BCUT2D eigenvalue weighted by atomic mass is 35.5. The second-order valence-corrected chi connectivity index (χ2v) is 9.95. The van der Waals surface area contributed by atoms with E-state index in [1.165, 1.54) is 12.0 Å². The molecular weight excluding hydrogens is 457 g/mol. The Bertz CT molecular complexity index is 1030. The maximum Gasteiger partial charge on any atom is 0.253 e. The summed E-state index contributed by atoms with van der Waals surface area (Å²) < 4.78 is 0. The lowest BCUT2D eigenvalue weighted by Crippen LogP contribution is -2.50. The number of likely N-dealkylation sites (tertiary alicyclic amines) is 1. The number of rotatable bonds is 3. The molecule has 33 heavy (non-hydrogen) atoms. The molecule has 1 aliphatic carbocycles. The van der Waals surface area contributed by atoms with Crippen LogP contribution in [0, 0.1) is 5.41 Å². The number of carbonyl (C=O) groups is 2. The molecule has 0 bridgehead atoms. The van der Waals surface area contributed by atoms with Crippen LogP contribution in [0.25, 0.3) is 0 Å². The van der Waals surface area contributed by atoms with Gasteiger partial charge in [0, 0.05) is 18.7 Å². The van der Waals surface area contributed by atoms with E-state index in [1.807, 2.05) is 24.3 Å². The molecule has 0 aromatic heterocycles. The minimum absolute atomic E-state index is 0. The molecule has 7 heteroatoms. The van der Waals surface area contributed by atoms with Crippen molar-refractivity contribution in [1.29, 1.82) is 0 Å². The molecule has 5 rings (SSSR count). The van der Waals surface area contributed by atoms with Crippen LogP contribution in [0.4, 0.5) is 0 Å². The number of hydrogen-bond acceptors (Lipinski definition) is 3. The summed E-state index contributed by atoms with van der Waals surface area (Å²) in [5.41, 5.74) is 3.76. The highest BCUT2D eigenvalue weighted by molar-refractivity contribution is 6.33. The monoisotopic (exact) mass is 487 g/mol. The number of piperidine rings is 2. The Morgan fingerprint density at radius 2 is 1.88 bits per heavy atom. The topological polar surface area (TPSA) is 61.4 Å². The average Bonchev–Trinajstić information content (AvgIpc) is 3.21. The van der Waals surface area contributed by atoms with E-state index in [4.69, 9.17) is 11.6 Å². The molecule has 2 aliphatic heterocycles. The van der Waals surface area contributed by atoms with E-state index >= 15 is 0 Å². The van der Waals surface area contributed by atoms with Crippen molar-refractivity contribution in [3.8, 4) is 0 Å². The normalized spacial score (nSPS) is 21.2. The van der Waals surface area contributed by atoms with E-state index in [0.29, 0.717) is 10.6 Å². The lowest BCUT2D eigenvalue weighted by Gasteiger charge is -2.45. The van der Waals surface area contributed by atoms with Gasteiger partial charge in [0.1, 0.15) is 0 Å². The lowest BCUT2D eigenvalue weighted by atomic mass is 9.73. The quantitative estimate of drug-likeness (QED) is 0.654. The molecule has 1 atom stereocenters. The van der Waals surface area contributed by atoms with Gasteiger partial charge >= 0.3 is 0 Å². The van der Waals surface area contributed by atoms with Gasteiger partial charge in [-0.2, -0.15) is 0 Å². The van der Waals surface area contributed by atoms with Crippen LogP contribution in [-0.4, -0.2) is 42.9 Å². The molecule has 1 spiro atoms. The second-order valence-electron chi connectivity index (χ2n) is 9.54. The van der Waals surface area contributed by atoms with Gasteiger partial charge in [0.25, 0.3) is 11.8 Å². The largest absolute Gasteiger partial charge is 0.345 e. The summed E-state index contributed by atoms with van der Waals surface area (Å²) in [4.78, 5) is 28.3.